The number of nitrogens with zero attached hydrogens (tertiary/aromatic N) is 1. The van der Waals surface area contributed by atoms with E-state index in [0.29, 0.717) is 24.4 Å². The molecule has 5 nitrogen and oxygen atoms in total. The first-order chi connectivity index (χ1) is 13.9. The summed E-state index contributed by atoms with van der Waals surface area (Å²) < 4.78 is 13.5. The third kappa shape index (κ3) is 4.42. The summed E-state index contributed by atoms with van der Waals surface area (Å²) in [6.07, 6.45) is 3.65. The number of carbonyl (C=O) groups excluding carboxylic acids is 2. The van der Waals surface area contributed by atoms with E-state index in [-0.39, 0.29) is 17.6 Å². The van der Waals surface area contributed by atoms with Gasteiger partial charge in [-0.2, -0.15) is 0 Å². The summed E-state index contributed by atoms with van der Waals surface area (Å²) in [5.74, 6) is 0.217. The van der Waals surface area contributed by atoms with Crippen LogP contribution in [0.4, 0.5) is 21.5 Å². The fraction of sp³-hybridized carbons (Fsp3) is 0.391. The van der Waals surface area contributed by atoms with Gasteiger partial charge in [0.1, 0.15) is 11.9 Å². The summed E-state index contributed by atoms with van der Waals surface area (Å²) in [5, 5.41) is 6.00. The number of amides is 2. The Morgan fingerprint density at radius 2 is 2.00 bits per heavy atom. The van der Waals surface area contributed by atoms with Gasteiger partial charge in [0.05, 0.1) is 0 Å². The van der Waals surface area contributed by atoms with Crippen LogP contribution in [0.2, 0.25) is 0 Å². The molecule has 152 valence electrons. The van der Waals surface area contributed by atoms with E-state index in [4.69, 9.17) is 0 Å². The molecule has 1 aliphatic heterocycles. The van der Waals surface area contributed by atoms with Crippen LogP contribution in [0, 0.1) is 18.7 Å². The number of fused-ring (bicyclic) bond motifs is 1. The van der Waals surface area contributed by atoms with Crippen LogP contribution in [0.1, 0.15) is 37.3 Å². The molecule has 0 spiro atoms. The highest BCUT2D eigenvalue weighted by Gasteiger charge is 2.31. The van der Waals surface area contributed by atoms with Gasteiger partial charge in [0, 0.05) is 30.0 Å². The van der Waals surface area contributed by atoms with E-state index in [1.165, 1.54) is 25.0 Å². The van der Waals surface area contributed by atoms with Gasteiger partial charge in [-0.3, -0.25) is 9.59 Å². The van der Waals surface area contributed by atoms with Crippen molar-refractivity contribution in [3.63, 3.8) is 0 Å². The lowest BCUT2D eigenvalue weighted by molar-refractivity contribution is -0.119. The fourth-order valence-electron chi connectivity index (χ4n) is 3.69. The van der Waals surface area contributed by atoms with Gasteiger partial charge in [-0.15, -0.1) is 0 Å². The lowest BCUT2D eigenvalue weighted by Crippen LogP contribution is -2.37. The fourth-order valence-corrected chi connectivity index (χ4v) is 3.69. The van der Waals surface area contributed by atoms with Gasteiger partial charge < -0.3 is 15.5 Å². The lowest BCUT2D eigenvalue weighted by atomic mass is 10.00. The van der Waals surface area contributed by atoms with Crippen LogP contribution in [-0.4, -0.2) is 24.4 Å². The monoisotopic (exact) mass is 395 g/mol. The zero-order chi connectivity index (χ0) is 20.5. The second-order valence-corrected chi connectivity index (χ2v) is 8.11. The van der Waals surface area contributed by atoms with Crippen molar-refractivity contribution in [2.45, 2.75) is 45.6 Å². The molecule has 0 bridgehead atoms. The molecule has 0 aromatic heterocycles. The number of halogens is 1. The maximum absolute atomic E-state index is 13.5. The zero-order valence-corrected chi connectivity index (χ0v) is 16.8. The first-order valence-corrected chi connectivity index (χ1v) is 10.2. The maximum atomic E-state index is 13.5. The standard InChI is InChI=1S/C23H26FN3O2/c1-14-3-7-18(24)12-20(14)26-23(29)15(2)25-19-8-9-21-17(11-19)6-10-22(28)27(21)13-16-4-5-16/h3,7-9,11-12,15-16,25H,4-6,10,13H2,1-2H3,(H,26,29). The summed E-state index contributed by atoms with van der Waals surface area (Å²) in [7, 11) is 0. The van der Waals surface area contributed by atoms with Crippen molar-refractivity contribution in [3.05, 3.63) is 53.3 Å². The van der Waals surface area contributed by atoms with Gasteiger partial charge in [0.25, 0.3) is 0 Å². The van der Waals surface area contributed by atoms with Crippen molar-refractivity contribution >= 4 is 28.9 Å². The third-order valence-corrected chi connectivity index (χ3v) is 5.65. The second-order valence-electron chi connectivity index (χ2n) is 8.11. The molecule has 6 heteroatoms. The molecule has 1 fully saturated rings. The Morgan fingerprint density at radius 3 is 2.76 bits per heavy atom. The molecule has 1 unspecified atom stereocenters. The van der Waals surface area contributed by atoms with Crippen LogP contribution >= 0.6 is 0 Å². The van der Waals surface area contributed by atoms with Crippen molar-refractivity contribution in [1.82, 2.24) is 0 Å². The maximum Gasteiger partial charge on any atom is 0.246 e. The van der Waals surface area contributed by atoms with Crippen molar-refractivity contribution in [2.24, 2.45) is 5.92 Å². The first-order valence-electron chi connectivity index (χ1n) is 10.2. The number of rotatable bonds is 6. The highest BCUT2D eigenvalue weighted by atomic mass is 19.1. The van der Waals surface area contributed by atoms with E-state index in [1.807, 2.05) is 30.0 Å². The third-order valence-electron chi connectivity index (χ3n) is 5.65. The molecule has 2 N–H and O–H groups in total. The van der Waals surface area contributed by atoms with Gasteiger partial charge in [-0.05, 0) is 80.5 Å². The van der Waals surface area contributed by atoms with Gasteiger partial charge in [-0.25, -0.2) is 4.39 Å². The minimum absolute atomic E-state index is 0.198. The molecule has 2 aliphatic rings. The SMILES string of the molecule is Cc1ccc(F)cc1NC(=O)C(C)Nc1ccc2c(c1)CCC(=O)N2CC1CC1. The molecule has 1 saturated carbocycles. The molecule has 2 aromatic rings. The second kappa shape index (κ2) is 7.85. The average Bonchev–Trinajstić information content (AvgIpc) is 3.51. The smallest absolute Gasteiger partial charge is 0.246 e. The molecule has 0 radical (unpaired) electrons. The van der Waals surface area contributed by atoms with Gasteiger partial charge in [0.15, 0.2) is 0 Å². The predicted octanol–water partition coefficient (Wildman–Crippen LogP) is 4.26. The summed E-state index contributed by atoms with van der Waals surface area (Å²) >= 11 is 0. The largest absolute Gasteiger partial charge is 0.374 e. The van der Waals surface area contributed by atoms with E-state index < -0.39 is 6.04 Å². The van der Waals surface area contributed by atoms with Crippen LogP contribution < -0.4 is 15.5 Å². The molecule has 2 amide bonds. The Hall–Kier alpha value is -2.89. The van der Waals surface area contributed by atoms with Crippen LogP contribution in [0.25, 0.3) is 0 Å². The van der Waals surface area contributed by atoms with E-state index >= 15 is 0 Å². The number of benzene rings is 2. The summed E-state index contributed by atoms with van der Waals surface area (Å²) in [6, 6.07) is 9.75. The minimum Gasteiger partial charge on any atom is -0.374 e. The molecular weight excluding hydrogens is 369 g/mol. The van der Waals surface area contributed by atoms with E-state index in [1.54, 1.807) is 13.0 Å². The van der Waals surface area contributed by atoms with Crippen molar-refractivity contribution in [1.29, 1.82) is 0 Å². The minimum atomic E-state index is -0.497. The first kappa shape index (κ1) is 19.4. The average molecular weight is 395 g/mol. The Morgan fingerprint density at radius 1 is 1.21 bits per heavy atom. The molecule has 1 heterocycles. The molecular formula is C23H26FN3O2. The van der Waals surface area contributed by atoms with E-state index in [2.05, 4.69) is 10.6 Å². The molecule has 0 saturated heterocycles. The number of aryl methyl sites for hydroxylation is 2. The Labute approximate surface area is 170 Å². The van der Waals surface area contributed by atoms with Crippen molar-refractivity contribution in [3.8, 4) is 0 Å². The number of hydrogen-bond acceptors (Lipinski definition) is 3. The Kier molecular flexibility index (Phi) is 5.26. The summed E-state index contributed by atoms with van der Waals surface area (Å²) in [4.78, 5) is 26.8. The van der Waals surface area contributed by atoms with Gasteiger partial charge in [0.2, 0.25) is 11.8 Å². The summed E-state index contributed by atoms with van der Waals surface area (Å²) in [6.45, 7) is 4.40. The molecule has 1 atom stereocenters. The van der Waals surface area contributed by atoms with Crippen LogP contribution in [0.15, 0.2) is 36.4 Å². The normalized spacial score (nSPS) is 16.9. The topological polar surface area (TPSA) is 61.4 Å². The highest BCUT2D eigenvalue weighted by Crippen LogP contribution is 2.36. The number of hydrogen-bond donors (Lipinski definition) is 2. The van der Waals surface area contributed by atoms with Crippen LogP contribution in [-0.2, 0) is 16.0 Å². The zero-order valence-electron chi connectivity index (χ0n) is 16.8. The quantitative estimate of drug-likeness (QED) is 0.768. The Balaban J connectivity index is 1.44. The van der Waals surface area contributed by atoms with Crippen LogP contribution in [0.3, 0.4) is 0 Å². The number of anilines is 3. The Bertz CT molecular complexity index is 955. The number of nitrogens with one attached hydrogen (secondary N) is 2. The van der Waals surface area contributed by atoms with Gasteiger partial charge in [-0.1, -0.05) is 6.07 Å². The molecule has 2 aromatic carbocycles. The van der Waals surface area contributed by atoms with Crippen molar-refractivity contribution in [2.75, 3.05) is 22.1 Å². The predicted molar refractivity (Wildman–Crippen MR) is 113 cm³/mol. The lowest BCUT2D eigenvalue weighted by Gasteiger charge is -2.30. The van der Waals surface area contributed by atoms with Crippen LogP contribution in [0.5, 0.6) is 0 Å². The number of carbonyl (C=O) groups is 2. The summed E-state index contributed by atoms with van der Waals surface area (Å²) in [5.41, 5.74) is 4.24. The van der Waals surface area contributed by atoms with E-state index in [0.717, 1.165) is 29.0 Å². The van der Waals surface area contributed by atoms with E-state index in [9.17, 15) is 14.0 Å². The highest BCUT2D eigenvalue weighted by molar-refractivity contribution is 5.98. The molecule has 4 rings (SSSR count). The van der Waals surface area contributed by atoms with Crippen molar-refractivity contribution < 1.29 is 14.0 Å². The van der Waals surface area contributed by atoms with Gasteiger partial charge >= 0.3 is 0 Å². The molecule has 29 heavy (non-hydrogen) atoms. The molecule has 1 aliphatic carbocycles.